The van der Waals surface area contributed by atoms with Crippen LogP contribution in [0.5, 0.6) is 0 Å². The topological polar surface area (TPSA) is 88.1 Å². The van der Waals surface area contributed by atoms with Crippen LogP contribution in [0.15, 0.2) is 0 Å². The number of carbonyl (C=O) groups is 3. The molecule has 8 heteroatoms. The minimum Gasteiger partial charge on any atom is -0.463 e. The Labute approximate surface area is 168 Å². The number of halogens is 1. The van der Waals surface area contributed by atoms with Crippen LogP contribution in [0.1, 0.15) is 61.3 Å². The molecule has 0 aromatic heterocycles. The lowest BCUT2D eigenvalue weighted by atomic mass is 10.1. The standard InChI is InChI=1S/C11H20O5.C8H15ClO2/c1-5-8(2)11(13)16-10(4)15-7-6-14-9(3)12;1-4-6(2)8(10)11-7(3)5-9/h8,10H,5-7H2,1-4H3;6-7H,4-5H2,1-3H3. The van der Waals surface area contributed by atoms with E-state index in [1.165, 1.54) is 6.92 Å². The highest BCUT2D eigenvalue weighted by atomic mass is 35.5. The first-order chi connectivity index (χ1) is 12.6. The average Bonchev–Trinajstić information content (AvgIpc) is 2.63. The van der Waals surface area contributed by atoms with Gasteiger partial charge in [-0.2, -0.15) is 0 Å². The number of alkyl halides is 1. The van der Waals surface area contributed by atoms with E-state index in [9.17, 15) is 14.4 Å². The van der Waals surface area contributed by atoms with Crippen LogP contribution in [0.3, 0.4) is 0 Å². The molecule has 0 aliphatic rings. The Morgan fingerprint density at radius 3 is 1.74 bits per heavy atom. The van der Waals surface area contributed by atoms with Crippen LogP contribution in [-0.4, -0.2) is 49.4 Å². The van der Waals surface area contributed by atoms with Crippen molar-refractivity contribution in [1.29, 1.82) is 0 Å². The summed E-state index contributed by atoms with van der Waals surface area (Å²) in [5, 5.41) is 0. The molecule has 0 aromatic carbocycles. The molecule has 0 saturated carbocycles. The summed E-state index contributed by atoms with van der Waals surface area (Å²) in [6, 6.07) is 0. The van der Waals surface area contributed by atoms with Gasteiger partial charge >= 0.3 is 17.9 Å². The molecule has 4 unspecified atom stereocenters. The molecule has 27 heavy (non-hydrogen) atoms. The maximum atomic E-state index is 11.3. The fourth-order valence-corrected chi connectivity index (χ4v) is 1.46. The Morgan fingerprint density at radius 1 is 0.852 bits per heavy atom. The van der Waals surface area contributed by atoms with Crippen molar-refractivity contribution >= 4 is 29.5 Å². The first kappa shape index (κ1) is 27.9. The molecule has 0 N–H and O–H groups in total. The lowest BCUT2D eigenvalue weighted by molar-refractivity contribution is -0.182. The minimum atomic E-state index is -0.614. The van der Waals surface area contributed by atoms with Gasteiger partial charge < -0.3 is 18.9 Å². The second-order valence-corrected chi connectivity index (χ2v) is 6.54. The van der Waals surface area contributed by atoms with E-state index in [4.69, 9.17) is 25.8 Å². The van der Waals surface area contributed by atoms with E-state index in [0.29, 0.717) is 5.88 Å². The maximum absolute atomic E-state index is 11.3. The zero-order valence-electron chi connectivity index (χ0n) is 17.6. The zero-order valence-corrected chi connectivity index (χ0v) is 18.3. The van der Waals surface area contributed by atoms with Crippen LogP contribution < -0.4 is 0 Å². The van der Waals surface area contributed by atoms with Gasteiger partial charge in [0.2, 0.25) is 0 Å². The van der Waals surface area contributed by atoms with Gasteiger partial charge in [0.25, 0.3) is 0 Å². The molecule has 0 aliphatic heterocycles. The second kappa shape index (κ2) is 16.8. The smallest absolute Gasteiger partial charge is 0.310 e. The summed E-state index contributed by atoms with van der Waals surface area (Å²) in [7, 11) is 0. The molecule has 0 aliphatic carbocycles. The van der Waals surface area contributed by atoms with Crippen molar-refractivity contribution in [2.75, 3.05) is 19.1 Å². The van der Waals surface area contributed by atoms with E-state index in [1.807, 2.05) is 20.8 Å². The van der Waals surface area contributed by atoms with Gasteiger partial charge in [-0.15, -0.1) is 11.6 Å². The average molecular weight is 411 g/mol. The quantitative estimate of drug-likeness (QED) is 0.169. The predicted molar refractivity (Wildman–Crippen MR) is 103 cm³/mol. The van der Waals surface area contributed by atoms with Gasteiger partial charge in [0.15, 0.2) is 6.29 Å². The largest absolute Gasteiger partial charge is 0.463 e. The molecule has 0 bridgehead atoms. The highest BCUT2D eigenvalue weighted by Crippen LogP contribution is 2.07. The molecule has 0 amide bonds. The summed E-state index contributed by atoms with van der Waals surface area (Å²) in [6.07, 6.45) is 0.766. The van der Waals surface area contributed by atoms with Gasteiger partial charge in [0, 0.05) is 6.92 Å². The van der Waals surface area contributed by atoms with Crippen LogP contribution in [0.4, 0.5) is 0 Å². The first-order valence-electron chi connectivity index (χ1n) is 9.30. The summed E-state index contributed by atoms with van der Waals surface area (Å²) in [5.41, 5.74) is 0. The molecule has 0 spiro atoms. The summed E-state index contributed by atoms with van der Waals surface area (Å²) < 4.78 is 19.8. The Balaban J connectivity index is 0. The minimum absolute atomic E-state index is 0.0133. The highest BCUT2D eigenvalue weighted by Gasteiger charge is 2.16. The Kier molecular flexibility index (Phi) is 17.4. The van der Waals surface area contributed by atoms with E-state index >= 15 is 0 Å². The van der Waals surface area contributed by atoms with Gasteiger partial charge in [-0.05, 0) is 26.7 Å². The number of hydrogen-bond acceptors (Lipinski definition) is 7. The monoisotopic (exact) mass is 410 g/mol. The molecule has 0 radical (unpaired) electrons. The molecule has 7 nitrogen and oxygen atoms in total. The molecule has 0 saturated heterocycles. The molecule has 160 valence electrons. The molecule has 0 heterocycles. The van der Waals surface area contributed by atoms with Crippen molar-refractivity contribution < 1.29 is 33.3 Å². The van der Waals surface area contributed by atoms with Crippen LogP contribution >= 0.6 is 11.6 Å². The number of esters is 3. The van der Waals surface area contributed by atoms with Crippen LogP contribution in [0.2, 0.25) is 0 Å². The molecule has 0 rings (SSSR count). The van der Waals surface area contributed by atoms with Gasteiger partial charge in [0.05, 0.1) is 24.3 Å². The first-order valence-corrected chi connectivity index (χ1v) is 9.84. The van der Waals surface area contributed by atoms with Crippen molar-refractivity contribution in [2.24, 2.45) is 11.8 Å². The lowest BCUT2D eigenvalue weighted by Gasteiger charge is -2.16. The Morgan fingerprint density at radius 2 is 1.33 bits per heavy atom. The number of carbonyl (C=O) groups excluding carboxylic acids is 3. The number of ether oxygens (including phenoxy) is 4. The Hall–Kier alpha value is -1.34. The third-order valence-corrected chi connectivity index (χ3v) is 4.02. The van der Waals surface area contributed by atoms with Gasteiger partial charge in [-0.3, -0.25) is 14.4 Å². The number of hydrogen-bond donors (Lipinski definition) is 0. The van der Waals surface area contributed by atoms with Crippen LogP contribution in [0.25, 0.3) is 0 Å². The zero-order chi connectivity index (χ0) is 21.4. The summed E-state index contributed by atoms with van der Waals surface area (Å²) in [6.45, 7) is 12.6. The maximum Gasteiger partial charge on any atom is 0.310 e. The fraction of sp³-hybridized carbons (Fsp3) is 0.842. The SMILES string of the molecule is CCC(C)C(=O)OC(C)CCl.CCC(C)C(=O)OC(C)OCCOC(C)=O. The predicted octanol–water partition coefficient (Wildman–Crippen LogP) is 3.70. The van der Waals surface area contributed by atoms with E-state index in [1.54, 1.807) is 20.8 Å². The van der Waals surface area contributed by atoms with Crippen LogP contribution in [0, 0.1) is 11.8 Å². The molecule has 0 aromatic rings. The van der Waals surface area contributed by atoms with E-state index < -0.39 is 6.29 Å². The summed E-state index contributed by atoms with van der Waals surface area (Å²) >= 11 is 5.47. The van der Waals surface area contributed by atoms with E-state index in [2.05, 4.69) is 4.74 Å². The van der Waals surface area contributed by atoms with Crippen molar-refractivity contribution in [2.45, 2.75) is 73.7 Å². The lowest BCUT2D eigenvalue weighted by Crippen LogP contribution is -2.24. The second-order valence-electron chi connectivity index (χ2n) is 6.24. The molecule has 0 fully saturated rings. The third-order valence-electron chi connectivity index (χ3n) is 3.59. The molecular formula is C19H35ClO7. The molecular weight excluding hydrogens is 376 g/mol. The third kappa shape index (κ3) is 16.6. The summed E-state index contributed by atoms with van der Waals surface area (Å²) in [4.78, 5) is 32.8. The van der Waals surface area contributed by atoms with Crippen molar-refractivity contribution in [3.63, 3.8) is 0 Å². The summed E-state index contributed by atoms with van der Waals surface area (Å²) in [5.74, 6) is -0.557. The fourth-order valence-electron chi connectivity index (χ4n) is 1.39. The van der Waals surface area contributed by atoms with Crippen molar-refractivity contribution in [3.05, 3.63) is 0 Å². The van der Waals surface area contributed by atoms with Crippen molar-refractivity contribution in [1.82, 2.24) is 0 Å². The van der Waals surface area contributed by atoms with Gasteiger partial charge in [-0.1, -0.05) is 27.7 Å². The van der Waals surface area contributed by atoms with Crippen molar-refractivity contribution in [3.8, 4) is 0 Å². The normalized spacial score (nSPS) is 14.7. The van der Waals surface area contributed by atoms with Gasteiger partial charge in [-0.25, -0.2) is 0 Å². The van der Waals surface area contributed by atoms with E-state index in [-0.39, 0.29) is 49.1 Å². The Bertz CT molecular complexity index is 428. The molecule has 4 atom stereocenters. The van der Waals surface area contributed by atoms with Crippen LogP contribution in [-0.2, 0) is 33.3 Å². The highest BCUT2D eigenvalue weighted by molar-refractivity contribution is 6.18. The number of rotatable bonds is 11. The van der Waals surface area contributed by atoms with Gasteiger partial charge in [0.1, 0.15) is 12.7 Å². The van der Waals surface area contributed by atoms with E-state index in [0.717, 1.165) is 12.8 Å².